The summed E-state index contributed by atoms with van der Waals surface area (Å²) < 4.78 is 4.77. The molecule has 0 spiro atoms. The van der Waals surface area contributed by atoms with E-state index < -0.39 is 0 Å². The maximum atomic E-state index is 12.6. The lowest BCUT2D eigenvalue weighted by Gasteiger charge is -2.30. The van der Waals surface area contributed by atoms with E-state index in [1.54, 1.807) is 11.1 Å². The van der Waals surface area contributed by atoms with Gasteiger partial charge in [-0.15, -0.1) is 11.3 Å². The number of nitrogens with zero attached hydrogens (tertiary/aromatic N) is 2. The summed E-state index contributed by atoms with van der Waals surface area (Å²) in [6.07, 6.45) is 2.85. The van der Waals surface area contributed by atoms with Gasteiger partial charge in [0.25, 0.3) is 5.91 Å². The second-order valence-electron chi connectivity index (χ2n) is 5.74. The van der Waals surface area contributed by atoms with Gasteiger partial charge in [-0.1, -0.05) is 24.1 Å². The summed E-state index contributed by atoms with van der Waals surface area (Å²) in [4.78, 5) is 30.7. The van der Waals surface area contributed by atoms with Crippen LogP contribution in [0.1, 0.15) is 33.1 Å². The molecule has 1 aliphatic rings. The molecule has 128 valence electrons. The van der Waals surface area contributed by atoms with Crippen LogP contribution in [0.4, 0.5) is 0 Å². The van der Waals surface area contributed by atoms with E-state index in [9.17, 15) is 9.59 Å². The van der Waals surface area contributed by atoms with Crippen molar-refractivity contribution in [3.05, 3.63) is 52.0 Å². The number of methoxy groups -OCH3 is 1. The van der Waals surface area contributed by atoms with Gasteiger partial charge in [0.2, 0.25) is 0 Å². The normalized spacial score (nSPS) is 14.5. The summed E-state index contributed by atoms with van der Waals surface area (Å²) in [5, 5.41) is 0.622. The molecule has 25 heavy (non-hydrogen) atoms. The van der Waals surface area contributed by atoms with Gasteiger partial charge in [0.05, 0.1) is 19.2 Å². The van der Waals surface area contributed by atoms with Gasteiger partial charge in [0.15, 0.2) is 5.01 Å². The largest absolute Gasteiger partial charge is 0.469 e. The topological polar surface area (TPSA) is 59.5 Å². The van der Waals surface area contributed by atoms with Crippen molar-refractivity contribution in [1.29, 1.82) is 0 Å². The van der Waals surface area contributed by atoms with Crippen LogP contribution in [0.3, 0.4) is 0 Å². The van der Waals surface area contributed by atoms with Gasteiger partial charge >= 0.3 is 5.97 Å². The number of carbonyl (C=O) groups is 2. The van der Waals surface area contributed by atoms with Gasteiger partial charge in [0, 0.05) is 18.7 Å². The third-order valence-electron chi connectivity index (χ3n) is 4.12. The molecule has 1 aliphatic heterocycles. The van der Waals surface area contributed by atoms with Crippen LogP contribution < -0.4 is 0 Å². The number of rotatable bonds is 2. The lowest BCUT2D eigenvalue weighted by Crippen LogP contribution is -2.40. The number of thiazole rings is 1. The summed E-state index contributed by atoms with van der Waals surface area (Å²) in [6.45, 7) is 1.11. The van der Waals surface area contributed by atoms with Crippen LogP contribution in [-0.2, 0) is 9.53 Å². The van der Waals surface area contributed by atoms with Crippen molar-refractivity contribution in [2.75, 3.05) is 20.2 Å². The molecule has 0 bridgehead atoms. The maximum absolute atomic E-state index is 12.6. The zero-order valence-corrected chi connectivity index (χ0v) is 14.7. The monoisotopic (exact) mass is 354 g/mol. The average Bonchev–Trinajstić information content (AvgIpc) is 3.15. The highest BCUT2D eigenvalue weighted by atomic mass is 32.1. The molecule has 5 nitrogen and oxygen atoms in total. The number of piperidine rings is 1. The number of hydrogen-bond acceptors (Lipinski definition) is 5. The predicted molar refractivity (Wildman–Crippen MR) is 95.2 cm³/mol. The fourth-order valence-corrected chi connectivity index (χ4v) is 3.46. The molecule has 6 heteroatoms. The summed E-state index contributed by atoms with van der Waals surface area (Å²) in [5.41, 5.74) is 0.912. The number of ether oxygens (including phenoxy) is 1. The van der Waals surface area contributed by atoms with E-state index in [2.05, 4.69) is 16.8 Å². The molecular weight excluding hydrogens is 336 g/mol. The highest BCUT2D eigenvalue weighted by molar-refractivity contribution is 7.14. The Morgan fingerprint density at radius 3 is 2.60 bits per heavy atom. The molecular formula is C19H18N2O3S. The molecule has 0 radical (unpaired) electrons. The molecule has 2 heterocycles. The zero-order valence-electron chi connectivity index (χ0n) is 13.9. The molecule has 0 atom stereocenters. The highest BCUT2D eigenvalue weighted by Gasteiger charge is 2.28. The Balaban J connectivity index is 1.62. The maximum Gasteiger partial charge on any atom is 0.308 e. The van der Waals surface area contributed by atoms with Crippen LogP contribution in [0.25, 0.3) is 0 Å². The number of carbonyl (C=O) groups excluding carboxylic acids is 2. The molecule has 0 saturated carbocycles. The Morgan fingerprint density at radius 2 is 1.92 bits per heavy atom. The molecule has 1 fully saturated rings. The van der Waals surface area contributed by atoms with Crippen LogP contribution >= 0.6 is 11.3 Å². The lowest BCUT2D eigenvalue weighted by atomic mass is 9.97. The molecule has 1 aromatic heterocycles. The van der Waals surface area contributed by atoms with Crippen molar-refractivity contribution in [1.82, 2.24) is 9.88 Å². The minimum absolute atomic E-state index is 0.0476. The van der Waals surface area contributed by atoms with Crippen molar-refractivity contribution >= 4 is 23.2 Å². The summed E-state index contributed by atoms with van der Waals surface area (Å²) in [6, 6.07) is 9.66. The minimum atomic E-state index is -0.191. The minimum Gasteiger partial charge on any atom is -0.469 e. The lowest BCUT2D eigenvalue weighted by molar-refractivity contribution is -0.146. The first-order valence-corrected chi connectivity index (χ1v) is 8.89. The number of amides is 1. The third kappa shape index (κ3) is 4.25. The average molecular weight is 354 g/mol. The first kappa shape index (κ1) is 17.2. The molecule has 1 saturated heterocycles. The Morgan fingerprint density at radius 1 is 1.20 bits per heavy atom. The zero-order chi connectivity index (χ0) is 17.6. The predicted octanol–water partition coefficient (Wildman–Crippen LogP) is 2.57. The van der Waals surface area contributed by atoms with Crippen LogP contribution in [0.2, 0.25) is 0 Å². The van der Waals surface area contributed by atoms with Crippen LogP contribution in [0, 0.1) is 17.8 Å². The molecule has 1 aromatic carbocycles. The Kier molecular flexibility index (Phi) is 5.46. The summed E-state index contributed by atoms with van der Waals surface area (Å²) in [7, 11) is 1.40. The van der Waals surface area contributed by atoms with Crippen molar-refractivity contribution in [3.8, 4) is 11.8 Å². The van der Waals surface area contributed by atoms with Crippen LogP contribution in [-0.4, -0.2) is 42.0 Å². The first-order chi connectivity index (χ1) is 12.2. The fourth-order valence-electron chi connectivity index (χ4n) is 2.72. The summed E-state index contributed by atoms with van der Waals surface area (Å²) >= 11 is 1.30. The molecule has 3 rings (SSSR count). The van der Waals surface area contributed by atoms with E-state index in [1.807, 2.05) is 30.3 Å². The van der Waals surface area contributed by atoms with Gasteiger partial charge < -0.3 is 9.64 Å². The second-order valence-corrected chi connectivity index (χ2v) is 6.77. The number of esters is 1. The van der Waals surface area contributed by atoms with E-state index in [0.29, 0.717) is 35.8 Å². The standard InChI is InChI=1S/C19H18N2O3S/c1-24-19(23)15-9-11-21(12-10-15)18(22)16-13-20-17(25-16)8-7-14-5-3-2-4-6-14/h2-6,13,15H,9-12H2,1H3. The first-order valence-electron chi connectivity index (χ1n) is 8.07. The van der Waals surface area contributed by atoms with Crippen LogP contribution in [0.5, 0.6) is 0 Å². The van der Waals surface area contributed by atoms with E-state index in [-0.39, 0.29) is 17.8 Å². The van der Waals surface area contributed by atoms with Gasteiger partial charge in [-0.2, -0.15) is 0 Å². The SMILES string of the molecule is COC(=O)C1CCN(C(=O)c2cnc(C#Cc3ccccc3)s2)CC1. The van der Waals surface area contributed by atoms with E-state index in [0.717, 1.165) is 5.56 Å². The summed E-state index contributed by atoms with van der Waals surface area (Å²) in [5.74, 6) is 5.69. The third-order valence-corrected chi connectivity index (χ3v) is 5.02. The number of benzene rings is 1. The Hall–Kier alpha value is -2.65. The molecule has 0 aliphatic carbocycles. The van der Waals surface area contributed by atoms with E-state index in [4.69, 9.17) is 4.74 Å². The Labute approximate surface area is 150 Å². The van der Waals surface area contributed by atoms with Gasteiger partial charge in [0.1, 0.15) is 4.88 Å². The van der Waals surface area contributed by atoms with Gasteiger partial charge in [-0.05, 0) is 30.9 Å². The van der Waals surface area contributed by atoms with Crippen molar-refractivity contribution in [2.45, 2.75) is 12.8 Å². The smallest absolute Gasteiger partial charge is 0.308 e. The number of hydrogen-bond donors (Lipinski definition) is 0. The van der Waals surface area contributed by atoms with Crippen molar-refractivity contribution < 1.29 is 14.3 Å². The van der Waals surface area contributed by atoms with Crippen LogP contribution in [0.15, 0.2) is 36.5 Å². The van der Waals surface area contributed by atoms with E-state index in [1.165, 1.54) is 18.4 Å². The number of likely N-dealkylation sites (tertiary alicyclic amines) is 1. The highest BCUT2D eigenvalue weighted by Crippen LogP contribution is 2.22. The van der Waals surface area contributed by atoms with Gasteiger partial charge in [-0.3, -0.25) is 9.59 Å². The molecule has 0 unspecified atom stereocenters. The van der Waals surface area contributed by atoms with Crippen molar-refractivity contribution in [3.63, 3.8) is 0 Å². The molecule has 1 amide bonds. The Bertz CT molecular complexity index is 812. The van der Waals surface area contributed by atoms with Crippen molar-refractivity contribution in [2.24, 2.45) is 5.92 Å². The fraction of sp³-hybridized carbons (Fsp3) is 0.316. The second kappa shape index (κ2) is 7.95. The number of aromatic nitrogens is 1. The van der Waals surface area contributed by atoms with Gasteiger partial charge in [-0.25, -0.2) is 4.98 Å². The molecule has 0 N–H and O–H groups in total. The van der Waals surface area contributed by atoms with E-state index >= 15 is 0 Å². The molecule has 2 aromatic rings. The quantitative estimate of drug-likeness (QED) is 0.614.